The minimum Gasteiger partial charge on any atom is -0.334 e. The van der Waals surface area contributed by atoms with Crippen LogP contribution >= 0.6 is 0 Å². The molecule has 0 amide bonds. The average molecular weight is 156 g/mol. The van der Waals surface area contributed by atoms with Crippen molar-refractivity contribution in [3.63, 3.8) is 0 Å². The molecule has 2 heterocycles. The molecule has 0 N–H and O–H groups in total. The Balaban J connectivity index is 2.94. The molecule has 0 aromatic carbocycles. The van der Waals surface area contributed by atoms with E-state index in [1.165, 1.54) is 0 Å². The van der Waals surface area contributed by atoms with Crippen molar-refractivity contribution in [3.8, 4) is 12.3 Å². The molecule has 0 aliphatic rings. The highest BCUT2D eigenvalue weighted by Gasteiger charge is 2.02. The Morgan fingerprint density at radius 1 is 1.58 bits per heavy atom. The van der Waals surface area contributed by atoms with Crippen LogP contribution in [-0.4, -0.2) is 9.55 Å². The molecule has 2 heteroatoms. The molecule has 2 aromatic rings. The number of nitrogens with zero attached hydrogens (tertiary/aromatic N) is 2. The summed E-state index contributed by atoms with van der Waals surface area (Å²) >= 11 is 0. The Labute approximate surface area is 70.8 Å². The Bertz CT molecular complexity index is 460. The van der Waals surface area contributed by atoms with Gasteiger partial charge < -0.3 is 4.57 Å². The third-order valence-electron chi connectivity index (χ3n) is 1.89. The quantitative estimate of drug-likeness (QED) is 0.529. The molecule has 0 saturated carbocycles. The van der Waals surface area contributed by atoms with E-state index in [-0.39, 0.29) is 0 Å². The first-order chi connectivity index (χ1) is 5.83. The molecule has 12 heavy (non-hydrogen) atoms. The van der Waals surface area contributed by atoms with Crippen LogP contribution in [0.5, 0.6) is 0 Å². The standard InChI is InChI=1S/C10H8N2/c1-3-8-7-12(2)10-9(8)5-4-6-11-10/h1,4-7H,2H3. The molecular formula is C10H8N2. The normalized spacial score (nSPS) is 10.0. The molecule has 0 unspecified atom stereocenters. The van der Waals surface area contributed by atoms with Gasteiger partial charge in [-0.3, -0.25) is 0 Å². The van der Waals surface area contributed by atoms with Gasteiger partial charge in [-0.25, -0.2) is 4.98 Å². The van der Waals surface area contributed by atoms with Gasteiger partial charge in [-0.15, -0.1) is 6.42 Å². The molecule has 0 radical (unpaired) electrons. The zero-order valence-electron chi connectivity index (χ0n) is 6.78. The highest BCUT2D eigenvalue weighted by Crippen LogP contribution is 2.16. The minimum atomic E-state index is 0.903. The van der Waals surface area contributed by atoms with Crippen molar-refractivity contribution in [1.29, 1.82) is 0 Å². The fourth-order valence-electron chi connectivity index (χ4n) is 1.33. The van der Waals surface area contributed by atoms with E-state index in [1.54, 1.807) is 6.20 Å². The summed E-state index contributed by atoms with van der Waals surface area (Å²) in [5.41, 5.74) is 1.84. The van der Waals surface area contributed by atoms with Gasteiger partial charge in [0.25, 0.3) is 0 Å². The van der Waals surface area contributed by atoms with Crippen LogP contribution < -0.4 is 0 Å². The molecule has 0 aliphatic heterocycles. The van der Waals surface area contributed by atoms with E-state index in [9.17, 15) is 0 Å². The zero-order chi connectivity index (χ0) is 8.55. The van der Waals surface area contributed by atoms with Gasteiger partial charge in [0.15, 0.2) is 0 Å². The molecule has 0 spiro atoms. The van der Waals surface area contributed by atoms with Gasteiger partial charge in [0.2, 0.25) is 0 Å². The van der Waals surface area contributed by atoms with Crippen LogP contribution in [0, 0.1) is 12.3 Å². The van der Waals surface area contributed by atoms with Crippen LogP contribution in [0.4, 0.5) is 0 Å². The highest BCUT2D eigenvalue weighted by molar-refractivity contribution is 5.83. The van der Waals surface area contributed by atoms with Gasteiger partial charge in [0.1, 0.15) is 5.65 Å². The fourth-order valence-corrected chi connectivity index (χ4v) is 1.33. The van der Waals surface area contributed by atoms with E-state index in [1.807, 2.05) is 29.9 Å². The summed E-state index contributed by atoms with van der Waals surface area (Å²) in [6, 6.07) is 3.88. The van der Waals surface area contributed by atoms with E-state index in [2.05, 4.69) is 10.9 Å². The Morgan fingerprint density at radius 3 is 3.17 bits per heavy atom. The predicted octanol–water partition coefficient (Wildman–Crippen LogP) is 1.55. The number of aromatic nitrogens is 2. The summed E-state index contributed by atoms with van der Waals surface area (Å²) in [4.78, 5) is 4.22. The summed E-state index contributed by atoms with van der Waals surface area (Å²) in [5.74, 6) is 2.63. The second-order valence-electron chi connectivity index (χ2n) is 2.67. The Kier molecular flexibility index (Phi) is 1.38. The maximum Gasteiger partial charge on any atom is 0.140 e. The maximum atomic E-state index is 5.34. The van der Waals surface area contributed by atoms with Crippen molar-refractivity contribution in [3.05, 3.63) is 30.1 Å². The van der Waals surface area contributed by atoms with Crippen molar-refractivity contribution in [2.75, 3.05) is 0 Å². The van der Waals surface area contributed by atoms with Crippen LogP contribution in [0.1, 0.15) is 5.56 Å². The first-order valence-electron chi connectivity index (χ1n) is 3.69. The Hall–Kier alpha value is -1.75. The van der Waals surface area contributed by atoms with E-state index in [0.717, 1.165) is 16.6 Å². The van der Waals surface area contributed by atoms with Crippen molar-refractivity contribution >= 4 is 11.0 Å². The van der Waals surface area contributed by atoms with Gasteiger partial charge in [0.05, 0.1) is 5.56 Å². The van der Waals surface area contributed by atoms with Gasteiger partial charge in [-0.1, -0.05) is 5.92 Å². The topological polar surface area (TPSA) is 17.8 Å². The second kappa shape index (κ2) is 2.38. The lowest BCUT2D eigenvalue weighted by molar-refractivity contribution is 0.947. The number of terminal acetylenes is 1. The summed E-state index contributed by atoms with van der Waals surface area (Å²) in [6.45, 7) is 0. The molecule has 2 rings (SSSR count). The SMILES string of the molecule is C#Cc1cn(C)c2ncccc12. The largest absolute Gasteiger partial charge is 0.334 e. The number of hydrogen-bond acceptors (Lipinski definition) is 1. The molecular weight excluding hydrogens is 148 g/mol. The smallest absolute Gasteiger partial charge is 0.140 e. The van der Waals surface area contributed by atoms with Crippen LogP contribution in [0.2, 0.25) is 0 Å². The molecule has 0 atom stereocenters. The molecule has 2 aromatic heterocycles. The van der Waals surface area contributed by atoms with Gasteiger partial charge >= 0.3 is 0 Å². The van der Waals surface area contributed by atoms with Crippen molar-refractivity contribution in [1.82, 2.24) is 9.55 Å². The predicted molar refractivity (Wildman–Crippen MR) is 48.6 cm³/mol. The number of aryl methyl sites for hydroxylation is 1. The number of hydrogen-bond donors (Lipinski definition) is 0. The van der Waals surface area contributed by atoms with Crippen molar-refractivity contribution in [2.45, 2.75) is 0 Å². The summed E-state index contributed by atoms with van der Waals surface area (Å²) in [7, 11) is 1.94. The molecule has 0 aliphatic carbocycles. The molecule has 0 saturated heterocycles. The first kappa shape index (κ1) is 6.93. The summed E-state index contributed by atoms with van der Waals surface area (Å²) < 4.78 is 1.94. The van der Waals surface area contributed by atoms with E-state index in [4.69, 9.17) is 6.42 Å². The van der Waals surface area contributed by atoms with Gasteiger partial charge in [-0.05, 0) is 12.1 Å². The third-order valence-corrected chi connectivity index (χ3v) is 1.89. The lowest BCUT2D eigenvalue weighted by Gasteiger charge is -1.91. The van der Waals surface area contributed by atoms with Crippen LogP contribution in [0.3, 0.4) is 0 Å². The lowest BCUT2D eigenvalue weighted by atomic mass is 10.2. The average Bonchev–Trinajstić information content (AvgIpc) is 2.44. The summed E-state index contributed by atoms with van der Waals surface area (Å²) in [5, 5.41) is 1.04. The van der Waals surface area contributed by atoms with Crippen LogP contribution in [0.25, 0.3) is 11.0 Å². The number of fused-ring (bicyclic) bond motifs is 1. The van der Waals surface area contributed by atoms with Crippen molar-refractivity contribution in [2.24, 2.45) is 7.05 Å². The van der Waals surface area contributed by atoms with Crippen LogP contribution in [0.15, 0.2) is 24.5 Å². The van der Waals surface area contributed by atoms with Crippen molar-refractivity contribution < 1.29 is 0 Å². The van der Waals surface area contributed by atoms with E-state index in [0.29, 0.717) is 0 Å². The lowest BCUT2D eigenvalue weighted by Crippen LogP contribution is -1.85. The Morgan fingerprint density at radius 2 is 2.42 bits per heavy atom. The maximum absolute atomic E-state index is 5.34. The van der Waals surface area contributed by atoms with Gasteiger partial charge in [-0.2, -0.15) is 0 Å². The molecule has 0 bridgehead atoms. The van der Waals surface area contributed by atoms with Gasteiger partial charge in [0, 0.05) is 24.8 Å². The monoisotopic (exact) mass is 156 g/mol. The fraction of sp³-hybridized carbons (Fsp3) is 0.100. The molecule has 2 nitrogen and oxygen atoms in total. The number of pyridine rings is 1. The molecule has 58 valence electrons. The minimum absolute atomic E-state index is 0.903. The number of rotatable bonds is 0. The highest BCUT2D eigenvalue weighted by atomic mass is 15.0. The molecule has 0 fully saturated rings. The first-order valence-corrected chi connectivity index (χ1v) is 3.69. The van der Waals surface area contributed by atoms with Crippen LogP contribution in [-0.2, 0) is 7.05 Å². The summed E-state index contributed by atoms with van der Waals surface area (Å²) in [6.07, 6.45) is 9.02. The zero-order valence-corrected chi connectivity index (χ0v) is 6.78. The third kappa shape index (κ3) is 0.802. The second-order valence-corrected chi connectivity index (χ2v) is 2.67. The van der Waals surface area contributed by atoms with E-state index < -0.39 is 0 Å². The van der Waals surface area contributed by atoms with E-state index >= 15 is 0 Å².